The second-order valence-electron chi connectivity index (χ2n) is 8.83. The van der Waals surface area contributed by atoms with E-state index in [9.17, 15) is 4.79 Å². The summed E-state index contributed by atoms with van der Waals surface area (Å²) in [6.45, 7) is 2.79. The average molecular weight is 436 g/mol. The molecule has 6 heteroatoms. The van der Waals surface area contributed by atoms with Gasteiger partial charge in [0.2, 0.25) is 0 Å². The zero-order chi connectivity index (χ0) is 22.3. The molecule has 164 valence electrons. The molecule has 1 spiro atoms. The number of anilines is 1. The van der Waals surface area contributed by atoms with Gasteiger partial charge in [0, 0.05) is 49.3 Å². The van der Waals surface area contributed by atoms with Gasteiger partial charge in [-0.05, 0) is 17.7 Å². The number of para-hydroxylation sites is 1. The number of aromatic nitrogens is 3. The van der Waals surface area contributed by atoms with Crippen molar-refractivity contribution in [1.29, 1.82) is 0 Å². The lowest BCUT2D eigenvalue weighted by Crippen LogP contribution is -2.54. The van der Waals surface area contributed by atoms with Crippen molar-refractivity contribution < 1.29 is 0 Å². The zero-order valence-electron chi connectivity index (χ0n) is 18.3. The molecule has 1 saturated heterocycles. The van der Waals surface area contributed by atoms with Crippen molar-refractivity contribution in [3.05, 3.63) is 101 Å². The van der Waals surface area contributed by atoms with Gasteiger partial charge in [-0.15, -0.1) is 0 Å². The summed E-state index contributed by atoms with van der Waals surface area (Å²) in [4.78, 5) is 20.1. The molecular formula is C27H25N5O. The standard InChI is InChI=1S/C27H25N5O/c33-26-24(21-11-5-2-6-12-21)30-32-25(28-26)22-13-7-8-14-23(22)29-27(32)15-17-31(18-16-27)19-20-9-3-1-4-10-20/h1-14,29H,15-19H2. The highest BCUT2D eigenvalue weighted by atomic mass is 16.1. The topological polar surface area (TPSA) is 63.1 Å². The van der Waals surface area contributed by atoms with Crippen molar-refractivity contribution in [3.63, 3.8) is 0 Å². The summed E-state index contributed by atoms with van der Waals surface area (Å²) in [5.41, 5.74) is 3.73. The Bertz CT molecular complexity index is 1340. The fraction of sp³-hybridized carbons (Fsp3) is 0.222. The maximum Gasteiger partial charge on any atom is 0.300 e. The third-order valence-corrected chi connectivity index (χ3v) is 6.73. The highest BCUT2D eigenvalue weighted by molar-refractivity contribution is 5.76. The summed E-state index contributed by atoms with van der Waals surface area (Å²) >= 11 is 0. The molecule has 0 aliphatic carbocycles. The molecule has 6 nitrogen and oxygen atoms in total. The Kier molecular flexibility index (Phi) is 4.80. The first kappa shape index (κ1) is 19.9. The van der Waals surface area contributed by atoms with Gasteiger partial charge in [0.25, 0.3) is 5.56 Å². The van der Waals surface area contributed by atoms with E-state index >= 15 is 0 Å². The molecule has 0 atom stereocenters. The van der Waals surface area contributed by atoms with E-state index in [0.717, 1.165) is 49.3 Å². The van der Waals surface area contributed by atoms with E-state index < -0.39 is 5.66 Å². The zero-order valence-corrected chi connectivity index (χ0v) is 18.3. The van der Waals surface area contributed by atoms with E-state index in [1.165, 1.54) is 5.56 Å². The summed E-state index contributed by atoms with van der Waals surface area (Å²) in [6.07, 6.45) is 1.74. The largest absolute Gasteiger partial charge is 0.360 e. The first-order valence-corrected chi connectivity index (χ1v) is 11.4. The number of piperidine rings is 1. The quantitative estimate of drug-likeness (QED) is 0.519. The number of rotatable bonds is 3. The maximum absolute atomic E-state index is 13.0. The lowest BCUT2D eigenvalue weighted by Gasteiger charge is -2.46. The number of nitrogens with zero attached hydrogens (tertiary/aromatic N) is 4. The molecule has 0 amide bonds. The third-order valence-electron chi connectivity index (χ3n) is 6.73. The van der Waals surface area contributed by atoms with E-state index in [2.05, 4.69) is 51.6 Å². The van der Waals surface area contributed by atoms with Crippen LogP contribution in [-0.2, 0) is 12.2 Å². The van der Waals surface area contributed by atoms with E-state index in [1.807, 2.05) is 53.2 Å². The van der Waals surface area contributed by atoms with Crippen LogP contribution < -0.4 is 10.9 Å². The normalized spacial score (nSPS) is 16.6. The van der Waals surface area contributed by atoms with Crippen LogP contribution in [0.4, 0.5) is 5.69 Å². The van der Waals surface area contributed by atoms with Crippen LogP contribution in [0, 0.1) is 0 Å². The van der Waals surface area contributed by atoms with Crippen LogP contribution in [-0.4, -0.2) is 32.8 Å². The predicted octanol–water partition coefficient (Wildman–Crippen LogP) is 4.35. The van der Waals surface area contributed by atoms with Gasteiger partial charge < -0.3 is 5.32 Å². The number of hydrogen-bond donors (Lipinski definition) is 1. The summed E-state index contributed by atoms with van der Waals surface area (Å²) in [5, 5.41) is 8.71. The molecule has 0 bridgehead atoms. The first-order chi connectivity index (χ1) is 16.2. The predicted molar refractivity (Wildman–Crippen MR) is 130 cm³/mol. The molecule has 0 saturated carbocycles. The molecular weight excluding hydrogens is 410 g/mol. The number of benzene rings is 3. The molecule has 6 rings (SSSR count). The van der Waals surface area contributed by atoms with Crippen LogP contribution in [0.3, 0.4) is 0 Å². The van der Waals surface area contributed by atoms with Gasteiger partial charge in [0.1, 0.15) is 5.66 Å². The minimum atomic E-state index is -0.416. The molecule has 2 aliphatic heterocycles. The van der Waals surface area contributed by atoms with Crippen molar-refractivity contribution in [2.45, 2.75) is 25.0 Å². The van der Waals surface area contributed by atoms with E-state index in [1.54, 1.807) is 0 Å². The van der Waals surface area contributed by atoms with Crippen LogP contribution in [0.2, 0.25) is 0 Å². The minimum absolute atomic E-state index is 0.291. The Hall–Kier alpha value is -3.77. The third kappa shape index (κ3) is 3.52. The molecule has 33 heavy (non-hydrogen) atoms. The van der Waals surface area contributed by atoms with E-state index in [4.69, 9.17) is 5.10 Å². The first-order valence-electron chi connectivity index (χ1n) is 11.4. The fourth-order valence-corrected chi connectivity index (χ4v) is 4.99. The maximum atomic E-state index is 13.0. The second kappa shape index (κ2) is 7.98. The van der Waals surface area contributed by atoms with E-state index in [-0.39, 0.29) is 5.56 Å². The number of likely N-dealkylation sites (tertiary alicyclic amines) is 1. The van der Waals surface area contributed by atoms with Crippen molar-refractivity contribution >= 4 is 5.69 Å². The van der Waals surface area contributed by atoms with Gasteiger partial charge in [-0.3, -0.25) is 9.69 Å². The van der Waals surface area contributed by atoms with Gasteiger partial charge in [-0.1, -0.05) is 72.8 Å². The van der Waals surface area contributed by atoms with Crippen LogP contribution >= 0.6 is 0 Å². The Morgan fingerprint density at radius 3 is 2.27 bits per heavy atom. The molecule has 1 aromatic heterocycles. The van der Waals surface area contributed by atoms with Gasteiger partial charge in [-0.2, -0.15) is 10.1 Å². The molecule has 3 aromatic carbocycles. The summed E-state index contributed by atoms with van der Waals surface area (Å²) in [6, 6.07) is 28.3. The molecule has 0 radical (unpaired) electrons. The van der Waals surface area contributed by atoms with Gasteiger partial charge in [-0.25, -0.2) is 4.68 Å². The Morgan fingerprint density at radius 1 is 0.848 bits per heavy atom. The Morgan fingerprint density at radius 2 is 1.52 bits per heavy atom. The van der Waals surface area contributed by atoms with Crippen molar-refractivity contribution in [2.24, 2.45) is 0 Å². The Balaban J connectivity index is 1.40. The average Bonchev–Trinajstić information content (AvgIpc) is 2.86. The van der Waals surface area contributed by atoms with Crippen molar-refractivity contribution in [2.75, 3.05) is 18.4 Å². The lowest BCUT2D eigenvalue weighted by molar-refractivity contribution is 0.113. The smallest absolute Gasteiger partial charge is 0.300 e. The van der Waals surface area contributed by atoms with Gasteiger partial charge in [0.05, 0.1) is 0 Å². The van der Waals surface area contributed by atoms with Gasteiger partial charge in [0.15, 0.2) is 11.5 Å². The second-order valence-corrected chi connectivity index (χ2v) is 8.83. The highest BCUT2D eigenvalue weighted by Gasteiger charge is 2.42. The minimum Gasteiger partial charge on any atom is -0.360 e. The van der Waals surface area contributed by atoms with Gasteiger partial charge >= 0.3 is 0 Å². The number of hydrogen-bond acceptors (Lipinski definition) is 5. The molecule has 1 fully saturated rings. The summed E-state index contributed by atoms with van der Waals surface area (Å²) in [7, 11) is 0. The summed E-state index contributed by atoms with van der Waals surface area (Å²) in [5.74, 6) is 0.644. The van der Waals surface area contributed by atoms with Crippen LogP contribution in [0.1, 0.15) is 18.4 Å². The number of fused-ring (bicyclic) bond motifs is 4. The number of nitrogens with one attached hydrogen (secondary N) is 1. The molecule has 1 N–H and O–H groups in total. The Labute approximate surface area is 192 Å². The van der Waals surface area contributed by atoms with Crippen molar-refractivity contribution in [1.82, 2.24) is 19.7 Å². The lowest BCUT2D eigenvalue weighted by atomic mass is 9.92. The fourth-order valence-electron chi connectivity index (χ4n) is 4.99. The monoisotopic (exact) mass is 435 g/mol. The molecule has 4 aromatic rings. The van der Waals surface area contributed by atoms with Crippen LogP contribution in [0.15, 0.2) is 89.7 Å². The van der Waals surface area contributed by atoms with Crippen molar-refractivity contribution in [3.8, 4) is 22.6 Å². The molecule has 3 heterocycles. The van der Waals surface area contributed by atoms with E-state index in [0.29, 0.717) is 11.5 Å². The molecule has 0 unspecified atom stereocenters. The highest BCUT2D eigenvalue weighted by Crippen LogP contribution is 2.41. The van der Waals surface area contributed by atoms with Crippen LogP contribution in [0.5, 0.6) is 0 Å². The molecule has 2 aliphatic rings. The van der Waals surface area contributed by atoms with Crippen LogP contribution in [0.25, 0.3) is 22.6 Å². The summed E-state index contributed by atoms with van der Waals surface area (Å²) < 4.78 is 1.99. The SMILES string of the molecule is O=c1nc2n(nc1-c1ccccc1)C1(CCN(Cc3ccccc3)CC1)Nc1ccccc1-2.